The lowest BCUT2D eigenvalue weighted by atomic mass is 9.90. The molecule has 1 unspecified atom stereocenters. The number of carbonyl (C=O) groups excluding carboxylic acids is 1. The lowest BCUT2D eigenvalue weighted by Crippen LogP contribution is -2.59. The number of nitrogens with zero attached hydrogens (tertiary/aromatic N) is 1. The highest BCUT2D eigenvalue weighted by Crippen LogP contribution is 2.35. The number of para-hydroxylation sites is 1. The van der Waals surface area contributed by atoms with Crippen LogP contribution in [0.3, 0.4) is 0 Å². The van der Waals surface area contributed by atoms with E-state index in [0.717, 1.165) is 17.7 Å². The summed E-state index contributed by atoms with van der Waals surface area (Å²) in [5.74, 6) is 0.997. The quantitative estimate of drug-likeness (QED) is 0.776. The lowest BCUT2D eigenvalue weighted by molar-refractivity contribution is -0.137. The summed E-state index contributed by atoms with van der Waals surface area (Å²) in [5.41, 5.74) is 6.73. The first kappa shape index (κ1) is 10.6. The van der Waals surface area contributed by atoms with Gasteiger partial charge in [0.05, 0.1) is 12.5 Å². The maximum Gasteiger partial charge on any atom is 0.230 e. The van der Waals surface area contributed by atoms with Crippen LogP contribution in [0.15, 0.2) is 24.3 Å². The predicted molar refractivity (Wildman–Crippen MR) is 63.9 cm³/mol. The molecule has 1 aromatic carbocycles. The number of likely N-dealkylation sites (tertiary alicyclic amines) is 1. The Balaban J connectivity index is 1.83. The van der Waals surface area contributed by atoms with Gasteiger partial charge in [0.25, 0.3) is 0 Å². The molecule has 2 aliphatic heterocycles. The normalized spacial score (nSPS) is 23.6. The number of rotatable bonds is 1. The van der Waals surface area contributed by atoms with Crippen molar-refractivity contribution < 1.29 is 9.53 Å². The van der Waals surface area contributed by atoms with E-state index in [-0.39, 0.29) is 17.9 Å². The highest BCUT2D eigenvalue weighted by molar-refractivity contribution is 5.85. The zero-order chi connectivity index (χ0) is 11.8. The Kier molecular flexibility index (Phi) is 2.52. The summed E-state index contributed by atoms with van der Waals surface area (Å²) in [6.07, 6.45) is 0.765. The third kappa shape index (κ3) is 1.78. The van der Waals surface area contributed by atoms with Gasteiger partial charge in [-0.1, -0.05) is 18.2 Å². The average molecular weight is 232 g/mol. The molecule has 0 saturated carbocycles. The number of hydrogen-bond acceptors (Lipinski definition) is 3. The second-order valence-corrected chi connectivity index (χ2v) is 4.73. The highest BCUT2D eigenvalue weighted by atomic mass is 16.5. The number of fused-ring (bicyclic) bond motifs is 1. The number of amides is 1. The molecule has 1 aromatic rings. The van der Waals surface area contributed by atoms with Crippen molar-refractivity contribution in [2.45, 2.75) is 18.4 Å². The molecule has 0 aliphatic carbocycles. The smallest absolute Gasteiger partial charge is 0.230 e. The maximum absolute atomic E-state index is 12.3. The molecule has 0 bridgehead atoms. The molecule has 2 aliphatic rings. The number of carbonyl (C=O) groups is 1. The fraction of sp³-hybridized carbons (Fsp3) is 0.462. The molecule has 1 saturated heterocycles. The molecule has 1 fully saturated rings. The molecule has 3 rings (SSSR count). The van der Waals surface area contributed by atoms with Crippen LogP contribution in [0.2, 0.25) is 0 Å². The van der Waals surface area contributed by atoms with Crippen molar-refractivity contribution in [2.24, 2.45) is 5.73 Å². The Hall–Kier alpha value is -1.55. The summed E-state index contributed by atoms with van der Waals surface area (Å²) in [4.78, 5) is 14.1. The summed E-state index contributed by atoms with van der Waals surface area (Å²) in [6.45, 7) is 2.00. The van der Waals surface area contributed by atoms with Crippen LogP contribution in [0.25, 0.3) is 0 Å². The highest BCUT2D eigenvalue weighted by Gasteiger charge is 2.35. The second kappa shape index (κ2) is 4.04. The molecule has 1 amide bonds. The molecule has 2 heterocycles. The minimum atomic E-state index is -0.0487. The van der Waals surface area contributed by atoms with Gasteiger partial charge in [-0.2, -0.15) is 0 Å². The Morgan fingerprint density at radius 2 is 2.12 bits per heavy atom. The largest absolute Gasteiger partial charge is 0.493 e. The summed E-state index contributed by atoms with van der Waals surface area (Å²) < 4.78 is 5.56. The van der Waals surface area contributed by atoms with Gasteiger partial charge in [-0.25, -0.2) is 0 Å². The van der Waals surface area contributed by atoms with E-state index in [0.29, 0.717) is 19.7 Å². The summed E-state index contributed by atoms with van der Waals surface area (Å²) >= 11 is 0. The van der Waals surface area contributed by atoms with Crippen molar-refractivity contribution in [3.63, 3.8) is 0 Å². The third-order valence-electron chi connectivity index (χ3n) is 3.48. The molecule has 0 aromatic heterocycles. The molecule has 17 heavy (non-hydrogen) atoms. The molecule has 0 spiro atoms. The summed E-state index contributed by atoms with van der Waals surface area (Å²) in [5, 5.41) is 0. The molecule has 1 atom stereocenters. The number of benzene rings is 1. The Labute approximate surface area is 100 Å². The van der Waals surface area contributed by atoms with Crippen molar-refractivity contribution in [3.05, 3.63) is 29.8 Å². The Morgan fingerprint density at radius 1 is 1.35 bits per heavy atom. The van der Waals surface area contributed by atoms with E-state index in [1.807, 2.05) is 29.2 Å². The summed E-state index contributed by atoms with van der Waals surface area (Å²) in [7, 11) is 0. The van der Waals surface area contributed by atoms with Crippen LogP contribution in [0.4, 0.5) is 0 Å². The first-order valence-electron chi connectivity index (χ1n) is 6.02. The monoisotopic (exact) mass is 232 g/mol. The van der Waals surface area contributed by atoms with Gasteiger partial charge in [-0.3, -0.25) is 4.79 Å². The molecule has 2 N–H and O–H groups in total. The first-order valence-corrected chi connectivity index (χ1v) is 6.02. The van der Waals surface area contributed by atoms with Gasteiger partial charge >= 0.3 is 0 Å². The van der Waals surface area contributed by atoms with Gasteiger partial charge in [0.1, 0.15) is 5.75 Å². The molecule has 90 valence electrons. The minimum absolute atomic E-state index is 0.0487. The second-order valence-electron chi connectivity index (χ2n) is 4.73. The first-order chi connectivity index (χ1) is 8.25. The fourth-order valence-corrected chi connectivity index (χ4v) is 2.51. The van der Waals surface area contributed by atoms with Gasteiger partial charge in [-0.15, -0.1) is 0 Å². The van der Waals surface area contributed by atoms with Crippen molar-refractivity contribution >= 4 is 5.91 Å². The van der Waals surface area contributed by atoms with Crippen LogP contribution in [-0.2, 0) is 4.79 Å². The van der Waals surface area contributed by atoms with E-state index >= 15 is 0 Å². The SMILES string of the molecule is NC1CN(C(=O)C2CCOc3ccccc32)C1. The van der Waals surface area contributed by atoms with Crippen molar-refractivity contribution in [2.75, 3.05) is 19.7 Å². The topological polar surface area (TPSA) is 55.6 Å². The van der Waals surface area contributed by atoms with Gasteiger partial charge in [0.2, 0.25) is 5.91 Å². The van der Waals surface area contributed by atoms with E-state index in [1.165, 1.54) is 0 Å². The zero-order valence-corrected chi connectivity index (χ0v) is 9.63. The van der Waals surface area contributed by atoms with Gasteiger partial charge in [0.15, 0.2) is 0 Å². The molecular formula is C13H16N2O2. The summed E-state index contributed by atoms with van der Waals surface area (Å²) in [6, 6.07) is 7.96. The van der Waals surface area contributed by atoms with E-state index in [1.54, 1.807) is 0 Å². The predicted octanol–water partition coefficient (Wildman–Crippen LogP) is 0.722. The van der Waals surface area contributed by atoms with Crippen LogP contribution in [0.5, 0.6) is 5.75 Å². The van der Waals surface area contributed by atoms with Crippen molar-refractivity contribution in [1.29, 1.82) is 0 Å². The molecular weight excluding hydrogens is 216 g/mol. The van der Waals surface area contributed by atoms with Gasteiger partial charge in [-0.05, 0) is 12.5 Å². The molecule has 4 nitrogen and oxygen atoms in total. The average Bonchev–Trinajstić information content (AvgIpc) is 2.33. The number of nitrogens with two attached hydrogens (primary N) is 1. The van der Waals surface area contributed by atoms with Crippen LogP contribution in [0.1, 0.15) is 17.9 Å². The van der Waals surface area contributed by atoms with Crippen LogP contribution >= 0.6 is 0 Å². The Morgan fingerprint density at radius 3 is 2.88 bits per heavy atom. The van der Waals surface area contributed by atoms with Crippen LogP contribution in [-0.4, -0.2) is 36.5 Å². The van der Waals surface area contributed by atoms with Crippen molar-refractivity contribution in [1.82, 2.24) is 4.90 Å². The van der Waals surface area contributed by atoms with Crippen molar-refractivity contribution in [3.8, 4) is 5.75 Å². The van der Waals surface area contributed by atoms with Gasteiger partial charge in [0, 0.05) is 24.7 Å². The molecule has 0 radical (unpaired) electrons. The van der Waals surface area contributed by atoms with E-state index in [9.17, 15) is 4.79 Å². The number of ether oxygens (including phenoxy) is 1. The fourth-order valence-electron chi connectivity index (χ4n) is 2.51. The minimum Gasteiger partial charge on any atom is -0.493 e. The standard InChI is InChI=1S/C13H16N2O2/c14-9-7-15(8-9)13(16)11-5-6-17-12-4-2-1-3-10(11)12/h1-4,9,11H,5-8,14H2. The maximum atomic E-state index is 12.3. The third-order valence-corrected chi connectivity index (χ3v) is 3.48. The zero-order valence-electron chi connectivity index (χ0n) is 9.63. The number of hydrogen-bond donors (Lipinski definition) is 1. The van der Waals surface area contributed by atoms with Crippen LogP contribution in [0, 0.1) is 0 Å². The lowest BCUT2D eigenvalue weighted by Gasteiger charge is -2.40. The molecule has 4 heteroatoms. The van der Waals surface area contributed by atoms with Gasteiger partial charge < -0.3 is 15.4 Å². The van der Waals surface area contributed by atoms with Crippen LogP contribution < -0.4 is 10.5 Å². The van der Waals surface area contributed by atoms with E-state index in [4.69, 9.17) is 10.5 Å². The van der Waals surface area contributed by atoms with E-state index < -0.39 is 0 Å². The van der Waals surface area contributed by atoms with E-state index in [2.05, 4.69) is 0 Å². The Bertz CT molecular complexity index is 441.